The Morgan fingerprint density at radius 3 is 2.74 bits per heavy atom. The molecule has 0 fully saturated rings. The highest BCUT2D eigenvalue weighted by atomic mass is 19.4. The first-order chi connectivity index (χ1) is 10.7. The summed E-state index contributed by atoms with van der Waals surface area (Å²) < 4.78 is 47.4. The third kappa shape index (κ3) is 4.13. The predicted molar refractivity (Wildman–Crippen MR) is 72.3 cm³/mol. The topological polar surface area (TPSA) is 79.7 Å². The number of alkyl halides is 3. The lowest BCUT2D eigenvalue weighted by Crippen LogP contribution is -2.42. The molecule has 2 rings (SSSR count). The van der Waals surface area contributed by atoms with Gasteiger partial charge in [-0.15, -0.1) is 0 Å². The zero-order chi connectivity index (χ0) is 17.2. The van der Waals surface area contributed by atoms with Crippen LogP contribution in [0.1, 0.15) is 11.5 Å². The molecule has 126 valence electrons. The maximum atomic E-state index is 12.3. The number of rotatable bonds is 5. The van der Waals surface area contributed by atoms with Gasteiger partial charge in [0.05, 0.1) is 24.9 Å². The zero-order valence-corrected chi connectivity index (χ0v) is 12.4. The molecule has 0 spiro atoms. The van der Waals surface area contributed by atoms with Gasteiger partial charge in [-0.05, 0) is 19.1 Å². The molecule has 0 saturated carbocycles. The number of hydrogen-bond donors (Lipinski definition) is 1. The van der Waals surface area contributed by atoms with Gasteiger partial charge in [-0.1, -0.05) is 0 Å². The van der Waals surface area contributed by atoms with Gasteiger partial charge in [-0.2, -0.15) is 13.2 Å². The number of carbonyl (C=O) groups is 1. The molecule has 2 aromatic heterocycles. The van der Waals surface area contributed by atoms with Crippen LogP contribution < -0.4 is 0 Å². The average Bonchev–Trinajstić information content (AvgIpc) is 3.08. The molecule has 0 saturated heterocycles. The molecule has 0 aliphatic carbocycles. The van der Waals surface area contributed by atoms with Crippen LogP contribution in [0.4, 0.5) is 13.2 Å². The Morgan fingerprint density at radius 2 is 2.17 bits per heavy atom. The molecule has 1 N–H and O–H groups in total. The Labute approximate surface area is 129 Å². The Kier molecular flexibility index (Phi) is 4.79. The van der Waals surface area contributed by atoms with Crippen molar-refractivity contribution in [1.82, 2.24) is 9.88 Å². The molecule has 6 nitrogen and oxygen atoms in total. The Bertz CT molecular complexity index is 664. The van der Waals surface area contributed by atoms with Crippen LogP contribution in [-0.2, 0) is 11.2 Å². The van der Waals surface area contributed by atoms with Gasteiger partial charge < -0.3 is 18.8 Å². The number of carbonyl (C=O) groups excluding carboxylic acids is 1. The van der Waals surface area contributed by atoms with Crippen molar-refractivity contribution in [2.24, 2.45) is 0 Å². The lowest BCUT2D eigenvalue weighted by atomic mass is 10.2. The van der Waals surface area contributed by atoms with Gasteiger partial charge in [0.1, 0.15) is 5.76 Å². The zero-order valence-electron chi connectivity index (χ0n) is 12.4. The molecule has 0 aliphatic rings. The number of furan rings is 1. The van der Waals surface area contributed by atoms with E-state index in [2.05, 4.69) is 4.98 Å². The fourth-order valence-electron chi connectivity index (χ4n) is 1.84. The Hall–Kier alpha value is -2.29. The highest BCUT2D eigenvalue weighted by Gasteiger charge is 2.39. The molecule has 0 aliphatic heterocycles. The second-order valence-corrected chi connectivity index (χ2v) is 5.01. The van der Waals surface area contributed by atoms with E-state index in [9.17, 15) is 18.0 Å². The van der Waals surface area contributed by atoms with Crippen molar-refractivity contribution < 1.29 is 31.9 Å². The van der Waals surface area contributed by atoms with Crippen molar-refractivity contribution in [1.29, 1.82) is 0 Å². The SMILES string of the molecule is Cc1oc(-c2ccco2)nc1CC(=O)N(C)CC(O)C(F)(F)F. The van der Waals surface area contributed by atoms with Gasteiger partial charge in [-0.3, -0.25) is 4.79 Å². The first-order valence-corrected chi connectivity index (χ1v) is 6.67. The minimum absolute atomic E-state index is 0.188. The van der Waals surface area contributed by atoms with Crippen molar-refractivity contribution in [2.45, 2.75) is 25.6 Å². The summed E-state index contributed by atoms with van der Waals surface area (Å²) in [5, 5.41) is 8.99. The molecular weight excluding hydrogens is 317 g/mol. The summed E-state index contributed by atoms with van der Waals surface area (Å²) in [4.78, 5) is 16.9. The minimum atomic E-state index is -4.77. The van der Waals surface area contributed by atoms with Crippen LogP contribution in [-0.4, -0.2) is 46.8 Å². The monoisotopic (exact) mass is 332 g/mol. The number of aromatic nitrogens is 1. The second kappa shape index (κ2) is 6.45. The van der Waals surface area contributed by atoms with E-state index in [1.807, 2.05) is 0 Å². The number of halogens is 3. The van der Waals surface area contributed by atoms with E-state index < -0.39 is 24.7 Å². The molecule has 1 atom stereocenters. The van der Waals surface area contributed by atoms with Crippen LogP contribution in [0.15, 0.2) is 27.2 Å². The quantitative estimate of drug-likeness (QED) is 0.908. The molecular formula is C14H15F3N2O4. The van der Waals surface area contributed by atoms with E-state index >= 15 is 0 Å². The molecule has 1 unspecified atom stereocenters. The third-order valence-corrected chi connectivity index (χ3v) is 3.19. The van der Waals surface area contributed by atoms with Crippen molar-refractivity contribution >= 4 is 5.91 Å². The molecule has 0 bridgehead atoms. The van der Waals surface area contributed by atoms with Crippen LogP contribution >= 0.6 is 0 Å². The standard InChI is InChI=1S/C14H15F3N2O4/c1-8-9(18-13(23-8)10-4-3-5-22-10)6-12(21)19(2)7-11(20)14(15,16)17/h3-5,11,20H,6-7H2,1-2H3. The van der Waals surface area contributed by atoms with Crippen LogP contribution in [0, 0.1) is 6.92 Å². The van der Waals surface area contributed by atoms with E-state index in [4.69, 9.17) is 13.9 Å². The fourth-order valence-corrected chi connectivity index (χ4v) is 1.84. The lowest BCUT2D eigenvalue weighted by molar-refractivity contribution is -0.207. The van der Waals surface area contributed by atoms with Gasteiger partial charge in [0.25, 0.3) is 5.89 Å². The number of oxazole rings is 1. The summed E-state index contributed by atoms with van der Waals surface area (Å²) in [5.74, 6) is 0.325. The smallest absolute Gasteiger partial charge is 0.416 e. The average molecular weight is 332 g/mol. The van der Waals surface area contributed by atoms with E-state index in [-0.39, 0.29) is 12.3 Å². The van der Waals surface area contributed by atoms with E-state index in [1.54, 1.807) is 19.1 Å². The van der Waals surface area contributed by atoms with E-state index in [0.29, 0.717) is 17.2 Å². The highest BCUT2D eigenvalue weighted by Crippen LogP contribution is 2.23. The van der Waals surface area contributed by atoms with Gasteiger partial charge in [0.2, 0.25) is 5.91 Å². The molecule has 9 heteroatoms. The van der Waals surface area contributed by atoms with Gasteiger partial charge >= 0.3 is 6.18 Å². The highest BCUT2D eigenvalue weighted by molar-refractivity contribution is 5.78. The van der Waals surface area contributed by atoms with Crippen LogP contribution in [0.2, 0.25) is 0 Å². The lowest BCUT2D eigenvalue weighted by Gasteiger charge is -2.22. The number of aryl methyl sites for hydroxylation is 1. The molecule has 2 heterocycles. The van der Waals surface area contributed by atoms with Crippen LogP contribution in [0.25, 0.3) is 11.7 Å². The fraction of sp³-hybridized carbons (Fsp3) is 0.429. The molecule has 23 heavy (non-hydrogen) atoms. The van der Waals surface area contributed by atoms with E-state index in [1.165, 1.54) is 13.3 Å². The van der Waals surface area contributed by atoms with E-state index in [0.717, 1.165) is 4.90 Å². The Balaban J connectivity index is 2.03. The summed E-state index contributed by atoms with van der Waals surface area (Å²) in [6.07, 6.45) is -6.16. The second-order valence-electron chi connectivity index (χ2n) is 5.01. The predicted octanol–water partition coefficient (Wildman–Crippen LogP) is 2.17. The summed E-state index contributed by atoms with van der Waals surface area (Å²) in [6, 6.07) is 3.27. The summed E-state index contributed by atoms with van der Waals surface area (Å²) in [5.41, 5.74) is 0.301. The van der Waals surface area contributed by atoms with Crippen molar-refractivity contribution in [3.63, 3.8) is 0 Å². The Morgan fingerprint density at radius 1 is 1.48 bits per heavy atom. The third-order valence-electron chi connectivity index (χ3n) is 3.19. The summed E-state index contributed by atoms with van der Waals surface area (Å²) in [6.45, 7) is 0.747. The number of nitrogens with zero attached hydrogens (tertiary/aromatic N) is 2. The number of amides is 1. The summed E-state index contributed by atoms with van der Waals surface area (Å²) in [7, 11) is 1.18. The van der Waals surface area contributed by atoms with Gasteiger partial charge in [-0.25, -0.2) is 4.98 Å². The maximum Gasteiger partial charge on any atom is 0.416 e. The van der Waals surface area contributed by atoms with Crippen molar-refractivity contribution in [3.05, 3.63) is 29.9 Å². The molecule has 0 aromatic carbocycles. The summed E-state index contributed by atoms with van der Waals surface area (Å²) >= 11 is 0. The van der Waals surface area contributed by atoms with Crippen LogP contribution in [0.5, 0.6) is 0 Å². The number of likely N-dealkylation sites (N-methyl/N-ethyl adjacent to an activating group) is 1. The minimum Gasteiger partial charge on any atom is -0.459 e. The number of aliphatic hydroxyl groups excluding tert-OH is 1. The van der Waals surface area contributed by atoms with Crippen LogP contribution in [0.3, 0.4) is 0 Å². The normalized spacial score (nSPS) is 13.1. The number of hydrogen-bond acceptors (Lipinski definition) is 5. The first-order valence-electron chi connectivity index (χ1n) is 6.67. The number of aliphatic hydroxyl groups is 1. The molecule has 2 aromatic rings. The molecule has 0 radical (unpaired) electrons. The van der Waals surface area contributed by atoms with Crippen molar-refractivity contribution in [3.8, 4) is 11.7 Å². The van der Waals surface area contributed by atoms with Gasteiger partial charge in [0.15, 0.2) is 11.9 Å². The van der Waals surface area contributed by atoms with Crippen molar-refractivity contribution in [2.75, 3.05) is 13.6 Å². The first kappa shape index (κ1) is 17.1. The van der Waals surface area contributed by atoms with Gasteiger partial charge in [0, 0.05) is 7.05 Å². The maximum absolute atomic E-state index is 12.3. The molecule has 1 amide bonds. The largest absolute Gasteiger partial charge is 0.459 e.